The maximum Gasteiger partial charge on any atom is 0.230 e. The van der Waals surface area contributed by atoms with Crippen LogP contribution in [0.25, 0.3) is 11.4 Å². The number of aromatic nitrogens is 3. The van der Waals surface area contributed by atoms with E-state index >= 15 is 0 Å². The summed E-state index contributed by atoms with van der Waals surface area (Å²) in [6.45, 7) is 2.53. The molecule has 5 rings (SSSR count). The van der Waals surface area contributed by atoms with E-state index in [0.717, 1.165) is 35.6 Å². The number of hydrogen-bond acceptors (Lipinski definition) is 5. The number of thioether (sulfide) groups is 1. The van der Waals surface area contributed by atoms with Crippen LogP contribution in [0, 0.1) is 12.8 Å². The maximum atomic E-state index is 12.9. The van der Waals surface area contributed by atoms with Crippen molar-refractivity contribution in [3.63, 3.8) is 0 Å². The molecule has 0 radical (unpaired) electrons. The van der Waals surface area contributed by atoms with Crippen molar-refractivity contribution in [1.29, 1.82) is 0 Å². The molecule has 1 aliphatic carbocycles. The van der Waals surface area contributed by atoms with E-state index in [1.807, 2.05) is 49.4 Å². The molecule has 0 saturated heterocycles. The van der Waals surface area contributed by atoms with Gasteiger partial charge >= 0.3 is 0 Å². The van der Waals surface area contributed by atoms with E-state index in [-0.39, 0.29) is 17.7 Å². The molecule has 0 spiro atoms. The van der Waals surface area contributed by atoms with Gasteiger partial charge in [-0.25, -0.2) is 0 Å². The van der Waals surface area contributed by atoms with Gasteiger partial charge in [-0.15, -0.1) is 10.2 Å². The summed E-state index contributed by atoms with van der Waals surface area (Å²) < 4.78 is 7.55. The van der Waals surface area contributed by atoms with Crippen LogP contribution in [0.3, 0.4) is 0 Å². The minimum Gasteiger partial charge on any atom is -0.469 e. The number of hydrogen-bond donors (Lipinski definition) is 1. The summed E-state index contributed by atoms with van der Waals surface area (Å²) >= 11 is 1.41. The number of rotatable bonds is 9. The average molecular weight is 459 g/mol. The first-order chi connectivity index (χ1) is 16.2. The van der Waals surface area contributed by atoms with Crippen molar-refractivity contribution in [1.82, 2.24) is 20.1 Å². The second-order valence-electron chi connectivity index (χ2n) is 8.35. The Morgan fingerprint density at radius 1 is 1.09 bits per heavy atom. The highest BCUT2D eigenvalue weighted by atomic mass is 32.2. The van der Waals surface area contributed by atoms with E-state index in [2.05, 4.69) is 44.3 Å². The zero-order valence-electron chi connectivity index (χ0n) is 18.5. The molecule has 7 heteroatoms. The smallest absolute Gasteiger partial charge is 0.230 e. The van der Waals surface area contributed by atoms with E-state index in [1.165, 1.54) is 17.3 Å². The van der Waals surface area contributed by atoms with Crippen molar-refractivity contribution in [2.45, 2.75) is 37.5 Å². The SMILES string of the molecule is Cc1occc1-c1nnc(SCC(=O)NC(c2ccccc2)C2CC2)n1Cc1ccccc1. The minimum absolute atomic E-state index is 0.0102. The van der Waals surface area contributed by atoms with Gasteiger partial charge in [0.1, 0.15) is 5.76 Å². The lowest BCUT2D eigenvalue weighted by atomic mass is 10.0. The minimum atomic E-state index is 0.0102. The lowest BCUT2D eigenvalue weighted by Crippen LogP contribution is -2.31. The third kappa shape index (κ3) is 5.03. The van der Waals surface area contributed by atoms with Crippen molar-refractivity contribution in [2.75, 3.05) is 5.75 Å². The standard InChI is InChI=1S/C26H26N4O2S/c1-18-22(14-15-32-18)25-28-29-26(30(25)16-19-8-4-2-5-9-19)33-17-23(31)27-24(21-12-13-21)20-10-6-3-7-11-20/h2-11,14-15,21,24H,12-13,16-17H2,1H3,(H,27,31). The molecule has 2 heterocycles. The second-order valence-corrected chi connectivity index (χ2v) is 9.29. The summed E-state index contributed by atoms with van der Waals surface area (Å²) in [5.74, 6) is 2.36. The number of furan rings is 1. The predicted molar refractivity (Wildman–Crippen MR) is 129 cm³/mol. The third-order valence-electron chi connectivity index (χ3n) is 5.90. The van der Waals surface area contributed by atoms with Gasteiger partial charge in [-0.1, -0.05) is 72.4 Å². The fourth-order valence-corrected chi connectivity index (χ4v) is 4.78. The number of aryl methyl sites for hydroxylation is 1. The van der Waals surface area contributed by atoms with Gasteiger partial charge in [0.05, 0.1) is 30.2 Å². The summed E-state index contributed by atoms with van der Waals surface area (Å²) in [6.07, 6.45) is 3.98. The zero-order valence-corrected chi connectivity index (χ0v) is 19.3. The molecule has 1 fully saturated rings. The van der Waals surface area contributed by atoms with Crippen molar-refractivity contribution in [2.24, 2.45) is 5.92 Å². The molecule has 4 aromatic rings. The molecule has 1 unspecified atom stereocenters. The van der Waals surface area contributed by atoms with E-state index in [9.17, 15) is 4.79 Å². The molecule has 33 heavy (non-hydrogen) atoms. The van der Waals surface area contributed by atoms with Gasteiger partial charge in [0.25, 0.3) is 0 Å². The van der Waals surface area contributed by atoms with Crippen LogP contribution in [-0.4, -0.2) is 26.4 Å². The second kappa shape index (κ2) is 9.67. The number of amides is 1. The topological polar surface area (TPSA) is 72.9 Å². The van der Waals surface area contributed by atoms with E-state index in [1.54, 1.807) is 6.26 Å². The van der Waals surface area contributed by atoms with Crippen molar-refractivity contribution in [3.05, 3.63) is 89.9 Å². The first kappa shape index (κ1) is 21.5. The van der Waals surface area contributed by atoms with Gasteiger partial charge in [-0.3, -0.25) is 9.36 Å². The Labute approximate surface area is 197 Å². The lowest BCUT2D eigenvalue weighted by molar-refractivity contribution is -0.119. The Balaban J connectivity index is 1.33. The van der Waals surface area contributed by atoms with Crippen molar-refractivity contribution in [3.8, 4) is 11.4 Å². The van der Waals surface area contributed by atoms with Gasteiger partial charge in [-0.2, -0.15) is 0 Å². The molecule has 2 aromatic heterocycles. The molecule has 1 atom stereocenters. The van der Waals surface area contributed by atoms with Crippen LogP contribution >= 0.6 is 11.8 Å². The first-order valence-corrected chi connectivity index (χ1v) is 12.2. The predicted octanol–water partition coefficient (Wildman–Crippen LogP) is 5.25. The number of nitrogens with zero attached hydrogens (tertiary/aromatic N) is 3. The molecule has 1 saturated carbocycles. The van der Waals surface area contributed by atoms with Crippen LogP contribution in [0.2, 0.25) is 0 Å². The summed E-state index contributed by atoms with van der Waals surface area (Å²) in [5, 5.41) is 12.8. The van der Waals surface area contributed by atoms with Crippen LogP contribution in [0.1, 0.15) is 35.8 Å². The molecule has 6 nitrogen and oxygen atoms in total. The summed E-state index contributed by atoms with van der Waals surface area (Å²) in [6, 6.07) is 22.4. The highest BCUT2D eigenvalue weighted by molar-refractivity contribution is 7.99. The monoisotopic (exact) mass is 458 g/mol. The molecular weight excluding hydrogens is 432 g/mol. The van der Waals surface area contributed by atoms with Crippen LogP contribution in [0.5, 0.6) is 0 Å². The van der Waals surface area contributed by atoms with Crippen LogP contribution in [-0.2, 0) is 11.3 Å². The Morgan fingerprint density at radius 3 is 2.48 bits per heavy atom. The Hall–Kier alpha value is -3.32. The van der Waals surface area contributed by atoms with Crippen molar-refractivity contribution >= 4 is 17.7 Å². The van der Waals surface area contributed by atoms with Gasteiger partial charge in [0, 0.05) is 0 Å². The van der Waals surface area contributed by atoms with Crippen LogP contribution < -0.4 is 5.32 Å². The largest absolute Gasteiger partial charge is 0.469 e. The third-order valence-corrected chi connectivity index (χ3v) is 6.87. The molecule has 0 aliphatic heterocycles. The quantitative estimate of drug-likeness (QED) is 0.347. The maximum absolute atomic E-state index is 12.9. The van der Waals surface area contributed by atoms with Crippen LogP contribution in [0.15, 0.2) is 82.6 Å². The number of benzene rings is 2. The lowest BCUT2D eigenvalue weighted by Gasteiger charge is -2.18. The summed E-state index contributed by atoms with van der Waals surface area (Å²) in [7, 11) is 0. The molecule has 0 bridgehead atoms. The highest BCUT2D eigenvalue weighted by Crippen LogP contribution is 2.41. The fraction of sp³-hybridized carbons (Fsp3) is 0.269. The average Bonchev–Trinajstić information content (AvgIpc) is 3.49. The van der Waals surface area contributed by atoms with Crippen LogP contribution in [0.4, 0.5) is 0 Å². The van der Waals surface area contributed by atoms with E-state index in [0.29, 0.717) is 17.6 Å². The van der Waals surface area contributed by atoms with Gasteiger partial charge in [0.2, 0.25) is 5.91 Å². The molecule has 1 amide bonds. The molecule has 1 aliphatic rings. The van der Waals surface area contributed by atoms with Gasteiger partial charge in [-0.05, 0) is 42.9 Å². The van der Waals surface area contributed by atoms with E-state index in [4.69, 9.17) is 4.42 Å². The first-order valence-electron chi connectivity index (χ1n) is 11.2. The molecular formula is C26H26N4O2S. The highest BCUT2D eigenvalue weighted by Gasteiger charge is 2.33. The summed E-state index contributed by atoms with van der Waals surface area (Å²) in [5.41, 5.74) is 3.22. The molecule has 2 aromatic carbocycles. The zero-order chi connectivity index (χ0) is 22.6. The van der Waals surface area contributed by atoms with Crippen molar-refractivity contribution < 1.29 is 9.21 Å². The number of carbonyl (C=O) groups is 1. The molecule has 168 valence electrons. The van der Waals surface area contributed by atoms with Gasteiger partial charge in [0.15, 0.2) is 11.0 Å². The number of nitrogens with one attached hydrogen (secondary N) is 1. The van der Waals surface area contributed by atoms with Gasteiger partial charge < -0.3 is 9.73 Å². The summed E-state index contributed by atoms with van der Waals surface area (Å²) in [4.78, 5) is 12.9. The number of carbonyl (C=O) groups excluding carboxylic acids is 1. The molecule has 1 N–H and O–H groups in total. The Morgan fingerprint density at radius 2 is 1.82 bits per heavy atom. The Bertz CT molecular complexity index is 1220. The fourth-order valence-electron chi connectivity index (χ4n) is 4.03. The van der Waals surface area contributed by atoms with E-state index < -0.39 is 0 Å². The Kier molecular flexibility index (Phi) is 6.30. The normalized spacial score (nSPS) is 14.2.